The van der Waals surface area contributed by atoms with E-state index in [0.717, 1.165) is 11.8 Å². The van der Waals surface area contributed by atoms with Gasteiger partial charge < -0.3 is 0 Å². The van der Waals surface area contributed by atoms with E-state index in [2.05, 4.69) is 0 Å². The van der Waals surface area contributed by atoms with E-state index in [0.29, 0.717) is 11.3 Å². The topological polar surface area (TPSA) is 90.7 Å². The van der Waals surface area contributed by atoms with Crippen LogP contribution in [0.4, 0.5) is 5.69 Å². The summed E-state index contributed by atoms with van der Waals surface area (Å²) in [6, 6.07) is 7.95. The van der Waals surface area contributed by atoms with Gasteiger partial charge in [0.05, 0.1) is 16.9 Å². The Hall–Kier alpha value is -2.05. The molecule has 5 nitrogen and oxygen atoms in total. The number of hydrogen-bond donors (Lipinski definition) is 0. The molecular formula is C10H7N3O2S. The summed E-state index contributed by atoms with van der Waals surface area (Å²) in [5.41, 5.74) is 0.527. The molecule has 0 aliphatic carbocycles. The molecule has 0 saturated carbocycles. The minimum Gasteiger partial charge on any atom is -0.258 e. The molecule has 0 bridgehead atoms. The zero-order chi connectivity index (χ0) is 12.0. The predicted molar refractivity (Wildman–Crippen MR) is 59.5 cm³/mol. The Balaban J connectivity index is 2.94. The number of non-ortho nitro benzene ring substituents is 1. The first kappa shape index (κ1) is 12.0. The van der Waals surface area contributed by atoms with Crippen LogP contribution in [0.5, 0.6) is 0 Å². The van der Waals surface area contributed by atoms with Crippen LogP contribution >= 0.6 is 11.8 Å². The molecule has 0 aromatic heterocycles. The fourth-order valence-corrected chi connectivity index (χ4v) is 1.69. The lowest BCUT2D eigenvalue weighted by Crippen LogP contribution is -1.99. The molecule has 0 aliphatic rings. The Morgan fingerprint density at radius 2 is 2.25 bits per heavy atom. The number of hydrogen-bond acceptors (Lipinski definition) is 5. The summed E-state index contributed by atoms with van der Waals surface area (Å²) in [6.45, 7) is 0. The molecule has 0 fully saturated rings. The molecule has 80 valence electrons. The van der Waals surface area contributed by atoms with E-state index in [4.69, 9.17) is 10.5 Å². The van der Waals surface area contributed by atoms with Gasteiger partial charge in [-0.25, -0.2) is 0 Å². The Kier molecular flexibility index (Phi) is 4.31. The maximum Gasteiger partial charge on any atom is 0.269 e. The second-order valence-corrected chi connectivity index (χ2v) is 3.74. The first-order valence-electron chi connectivity index (χ1n) is 4.34. The van der Waals surface area contributed by atoms with Crippen LogP contribution in [0, 0.1) is 32.1 Å². The summed E-state index contributed by atoms with van der Waals surface area (Å²) < 4.78 is 0. The Bertz CT molecular complexity index is 476. The molecule has 0 saturated heterocycles. The zero-order valence-electron chi connectivity index (χ0n) is 8.16. The van der Waals surface area contributed by atoms with E-state index in [-0.39, 0.29) is 5.69 Å². The quantitative estimate of drug-likeness (QED) is 0.452. The maximum atomic E-state index is 10.5. The van der Waals surface area contributed by atoms with E-state index in [1.165, 1.54) is 18.2 Å². The molecular weight excluding hydrogens is 226 g/mol. The number of benzene rings is 1. The summed E-state index contributed by atoms with van der Waals surface area (Å²) in [5.74, 6) is -0.182. The summed E-state index contributed by atoms with van der Waals surface area (Å²) in [4.78, 5) is 10.0. The zero-order valence-corrected chi connectivity index (χ0v) is 8.98. The highest BCUT2D eigenvalue weighted by Crippen LogP contribution is 2.23. The lowest BCUT2D eigenvalue weighted by Gasteiger charge is -2.05. The predicted octanol–water partition coefficient (Wildman–Crippen LogP) is 2.42. The third kappa shape index (κ3) is 2.97. The van der Waals surface area contributed by atoms with Crippen molar-refractivity contribution >= 4 is 17.4 Å². The molecule has 6 heteroatoms. The van der Waals surface area contributed by atoms with Gasteiger partial charge in [-0.15, -0.1) is 0 Å². The van der Waals surface area contributed by atoms with Crippen molar-refractivity contribution in [2.45, 2.75) is 5.92 Å². The Morgan fingerprint density at radius 1 is 1.50 bits per heavy atom. The third-order valence-corrected chi connectivity index (χ3v) is 2.58. The molecule has 0 aliphatic heterocycles. The van der Waals surface area contributed by atoms with Crippen molar-refractivity contribution < 1.29 is 4.92 Å². The van der Waals surface area contributed by atoms with Crippen molar-refractivity contribution in [1.29, 1.82) is 10.5 Å². The monoisotopic (exact) mass is 233 g/mol. The van der Waals surface area contributed by atoms with Gasteiger partial charge in [0.25, 0.3) is 5.69 Å². The first-order chi connectivity index (χ1) is 7.69. The molecule has 1 aromatic carbocycles. The Morgan fingerprint density at radius 3 is 2.81 bits per heavy atom. The first-order valence-corrected chi connectivity index (χ1v) is 5.32. The second kappa shape index (κ2) is 5.74. The van der Waals surface area contributed by atoms with E-state index in [9.17, 15) is 10.1 Å². The van der Waals surface area contributed by atoms with E-state index in [1.54, 1.807) is 6.07 Å². The number of nitriles is 2. The Labute approximate surface area is 96.5 Å². The molecule has 1 rings (SSSR count). The maximum absolute atomic E-state index is 10.5. The molecule has 0 radical (unpaired) electrons. The SMILES string of the molecule is N#CSCC(C#N)c1cccc([N+](=O)[O-])c1. The molecule has 1 atom stereocenters. The normalized spacial score (nSPS) is 11.1. The molecule has 0 spiro atoms. The minimum absolute atomic E-state index is 0.0419. The van der Waals surface area contributed by atoms with Crippen molar-refractivity contribution in [1.82, 2.24) is 0 Å². The number of nitro groups is 1. The van der Waals surface area contributed by atoms with Crippen LogP contribution in [0.2, 0.25) is 0 Å². The molecule has 16 heavy (non-hydrogen) atoms. The van der Waals surface area contributed by atoms with Crippen LogP contribution in [-0.4, -0.2) is 10.7 Å². The summed E-state index contributed by atoms with van der Waals surface area (Å²) in [7, 11) is 0. The van der Waals surface area contributed by atoms with E-state index in [1.807, 2.05) is 11.5 Å². The van der Waals surface area contributed by atoms with Gasteiger partial charge in [0, 0.05) is 17.9 Å². The lowest BCUT2D eigenvalue weighted by atomic mass is 10.0. The molecule has 0 heterocycles. The van der Waals surface area contributed by atoms with Crippen LogP contribution < -0.4 is 0 Å². The van der Waals surface area contributed by atoms with Crippen molar-refractivity contribution in [2.24, 2.45) is 0 Å². The van der Waals surface area contributed by atoms with Crippen molar-refractivity contribution in [2.75, 3.05) is 5.75 Å². The van der Waals surface area contributed by atoms with Gasteiger partial charge in [-0.2, -0.15) is 10.5 Å². The standard InChI is InChI=1S/C10H7N3O2S/c11-5-9(6-16-7-12)8-2-1-3-10(4-8)13(14)15/h1-4,9H,6H2. The average Bonchev–Trinajstić information content (AvgIpc) is 2.30. The number of nitrogens with zero attached hydrogens (tertiary/aromatic N) is 3. The van der Waals surface area contributed by atoms with Crippen LogP contribution in [-0.2, 0) is 0 Å². The van der Waals surface area contributed by atoms with Crippen molar-refractivity contribution in [3.8, 4) is 11.5 Å². The van der Waals surface area contributed by atoms with Gasteiger partial charge >= 0.3 is 0 Å². The highest BCUT2D eigenvalue weighted by Gasteiger charge is 2.14. The van der Waals surface area contributed by atoms with E-state index >= 15 is 0 Å². The van der Waals surface area contributed by atoms with Crippen LogP contribution in [0.15, 0.2) is 24.3 Å². The summed E-state index contributed by atoms with van der Waals surface area (Å²) in [5, 5.41) is 29.7. The minimum atomic E-state index is -0.505. The lowest BCUT2D eigenvalue weighted by molar-refractivity contribution is -0.384. The molecule has 1 unspecified atom stereocenters. The highest BCUT2D eigenvalue weighted by molar-refractivity contribution is 8.03. The van der Waals surface area contributed by atoms with Gasteiger partial charge in [-0.05, 0) is 17.3 Å². The van der Waals surface area contributed by atoms with Gasteiger partial charge in [0.15, 0.2) is 0 Å². The van der Waals surface area contributed by atoms with Gasteiger partial charge in [-0.3, -0.25) is 10.1 Å². The van der Waals surface area contributed by atoms with Crippen LogP contribution in [0.1, 0.15) is 11.5 Å². The molecule has 1 aromatic rings. The number of thiocyanates is 1. The van der Waals surface area contributed by atoms with Gasteiger partial charge in [-0.1, -0.05) is 12.1 Å². The largest absolute Gasteiger partial charge is 0.269 e. The fourth-order valence-electron chi connectivity index (χ4n) is 1.18. The third-order valence-electron chi connectivity index (χ3n) is 1.95. The number of rotatable bonds is 4. The van der Waals surface area contributed by atoms with Gasteiger partial charge in [0.1, 0.15) is 5.40 Å². The highest BCUT2D eigenvalue weighted by atomic mass is 32.2. The molecule has 0 N–H and O–H groups in total. The van der Waals surface area contributed by atoms with Crippen LogP contribution in [0.25, 0.3) is 0 Å². The smallest absolute Gasteiger partial charge is 0.258 e. The van der Waals surface area contributed by atoms with Crippen molar-refractivity contribution in [3.05, 3.63) is 39.9 Å². The van der Waals surface area contributed by atoms with Crippen molar-refractivity contribution in [3.63, 3.8) is 0 Å². The average molecular weight is 233 g/mol. The van der Waals surface area contributed by atoms with E-state index < -0.39 is 10.8 Å². The fraction of sp³-hybridized carbons (Fsp3) is 0.200. The number of thioether (sulfide) groups is 1. The molecule has 0 amide bonds. The second-order valence-electron chi connectivity index (χ2n) is 2.94. The summed E-state index contributed by atoms with van der Waals surface area (Å²) >= 11 is 0.963. The van der Waals surface area contributed by atoms with Crippen LogP contribution in [0.3, 0.4) is 0 Å². The summed E-state index contributed by atoms with van der Waals surface area (Å²) in [6.07, 6.45) is 0. The van der Waals surface area contributed by atoms with Gasteiger partial charge in [0.2, 0.25) is 0 Å². The number of nitro benzene ring substituents is 1.